The van der Waals surface area contributed by atoms with Crippen LogP contribution in [0.1, 0.15) is 34.1 Å². The Hall–Kier alpha value is -3.21. The SMILES string of the molecule is Cc1ccc(-c2nc(CN3CCN(C(c4ccccc4)c4ccccc4)CC3)c(C)[nH]2)cc1. The first-order chi connectivity index (χ1) is 16.2. The Balaban J connectivity index is 1.27. The van der Waals surface area contributed by atoms with Crippen LogP contribution in [0.3, 0.4) is 0 Å². The Kier molecular flexibility index (Phi) is 6.38. The molecule has 168 valence electrons. The van der Waals surface area contributed by atoms with Crippen molar-refractivity contribution in [2.75, 3.05) is 26.2 Å². The van der Waals surface area contributed by atoms with Crippen molar-refractivity contribution >= 4 is 0 Å². The normalized spacial score (nSPS) is 15.2. The number of aromatic nitrogens is 2. The summed E-state index contributed by atoms with van der Waals surface area (Å²) in [6, 6.07) is 30.7. The predicted molar refractivity (Wildman–Crippen MR) is 135 cm³/mol. The van der Waals surface area contributed by atoms with E-state index in [9.17, 15) is 0 Å². The Morgan fingerprint density at radius 2 is 1.33 bits per heavy atom. The van der Waals surface area contributed by atoms with Crippen LogP contribution in [0.2, 0.25) is 0 Å². The number of aromatic amines is 1. The summed E-state index contributed by atoms with van der Waals surface area (Å²) >= 11 is 0. The largest absolute Gasteiger partial charge is 0.342 e. The summed E-state index contributed by atoms with van der Waals surface area (Å²) in [5.41, 5.74) is 7.46. The minimum absolute atomic E-state index is 0.301. The van der Waals surface area contributed by atoms with E-state index >= 15 is 0 Å². The third kappa shape index (κ3) is 4.92. The lowest BCUT2D eigenvalue weighted by Gasteiger charge is -2.39. The van der Waals surface area contributed by atoms with Crippen molar-refractivity contribution in [2.45, 2.75) is 26.4 Å². The number of aryl methyl sites for hydroxylation is 2. The molecule has 4 heteroatoms. The summed E-state index contributed by atoms with van der Waals surface area (Å²) in [4.78, 5) is 13.6. The Morgan fingerprint density at radius 3 is 1.91 bits per heavy atom. The molecule has 1 saturated heterocycles. The molecule has 1 N–H and O–H groups in total. The molecule has 4 aromatic rings. The molecule has 0 aliphatic carbocycles. The van der Waals surface area contributed by atoms with Crippen LogP contribution in [0.5, 0.6) is 0 Å². The molecule has 0 spiro atoms. The number of H-pyrrole nitrogens is 1. The highest BCUT2D eigenvalue weighted by molar-refractivity contribution is 5.56. The van der Waals surface area contributed by atoms with Crippen LogP contribution in [-0.4, -0.2) is 45.9 Å². The quantitative estimate of drug-likeness (QED) is 0.427. The van der Waals surface area contributed by atoms with Crippen LogP contribution < -0.4 is 0 Å². The highest BCUT2D eigenvalue weighted by atomic mass is 15.3. The molecule has 33 heavy (non-hydrogen) atoms. The van der Waals surface area contributed by atoms with E-state index in [1.807, 2.05) is 0 Å². The summed E-state index contributed by atoms with van der Waals surface area (Å²) < 4.78 is 0. The first-order valence-electron chi connectivity index (χ1n) is 11.9. The van der Waals surface area contributed by atoms with Gasteiger partial charge < -0.3 is 4.98 Å². The molecule has 1 aliphatic heterocycles. The van der Waals surface area contributed by atoms with E-state index in [4.69, 9.17) is 4.98 Å². The number of rotatable bonds is 6. The second-order valence-corrected chi connectivity index (χ2v) is 9.06. The summed E-state index contributed by atoms with van der Waals surface area (Å²) in [7, 11) is 0. The van der Waals surface area contributed by atoms with E-state index < -0.39 is 0 Å². The third-order valence-corrected chi connectivity index (χ3v) is 6.69. The molecule has 3 aromatic carbocycles. The van der Waals surface area contributed by atoms with Gasteiger partial charge in [-0.25, -0.2) is 4.98 Å². The molecule has 4 nitrogen and oxygen atoms in total. The fourth-order valence-electron chi connectivity index (χ4n) is 4.77. The highest BCUT2D eigenvalue weighted by Gasteiger charge is 2.26. The molecule has 1 aliphatic rings. The van der Waals surface area contributed by atoms with Crippen LogP contribution in [0.4, 0.5) is 0 Å². The fraction of sp³-hybridized carbons (Fsp3) is 0.276. The van der Waals surface area contributed by atoms with Gasteiger partial charge in [0.25, 0.3) is 0 Å². The third-order valence-electron chi connectivity index (χ3n) is 6.69. The van der Waals surface area contributed by atoms with E-state index in [-0.39, 0.29) is 0 Å². The maximum Gasteiger partial charge on any atom is 0.137 e. The molecule has 2 heterocycles. The number of nitrogens with zero attached hydrogens (tertiary/aromatic N) is 3. The summed E-state index contributed by atoms with van der Waals surface area (Å²) in [5.74, 6) is 0.967. The van der Waals surface area contributed by atoms with Crippen LogP contribution in [0.15, 0.2) is 84.9 Å². The zero-order valence-electron chi connectivity index (χ0n) is 19.5. The average molecular weight is 437 g/mol. The number of hydrogen-bond donors (Lipinski definition) is 1. The number of piperazine rings is 1. The van der Waals surface area contributed by atoms with Gasteiger partial charge >= 0.3 is 0 Å². The zero-order chi connectivity index (χ0) is 22.6. The van der Waals surface area contributed by atoms with Gasteiger partial charge in [-0.3, -0.25) is 9.80 Å². The van der Waals surface area contributed by atoms with E-state index in [2.05, 4.69) is 114 Å². The Morgan fingerprint density at radius 1 is 0.758 bits per heavy atom. The van der Waals surface area contributed by atoms with Gasteiger partial charge in [-0.05, 0) is 25.0 Å². The maximum absolute atomic E-state index is 4.94. The second kappa shape index (κ2) is 9.74. The lowest BCUT2D eigenvalue weighted by molar-refractivity contribution is 0.104. The van der Waals surface area contributed by atoms with E-state index in [1.165, 1.54) is 22.4 Å². The topological polar surface area (TPSA) is 35.2 Å². The summed E-state index contributed by atoms with van der Waals surface area (Å²) in [5, 5.41) is 0. The molecule has 0 unspecified atom stereocenters. The van der Waals surface area contributed by atoms with Crippen molar-refractivity contribution in [1.82, 2.24) is 19.8 Å². The minimum Gasteiger partial charge on any atom is -0.342 e. The summed E-state index contributed by atoms with van der Waals surface area (Å²) in [6.07, 6.45) is 0. The molecule has 1 fully saturated rings. The van der Waals surface area contributed by atoms with Gasteiger partial charge in [0.2, 0.25) is 0 Å². The van der Waals surface area contributed by atoms with Gasteiger partial charge in [0.05, 0.1) is 11.7 Å². The van der Waals surface area contributed by atoms with E-state index in [0.29, 0.717) is 6.04 Å². The number of nitrogens with one attached hydrogen (secondary N) is 1. The first kappa shape index (κ1) is 21.6. The van der Waals surface area contributed by atoms with Crippen molar-refractivity contribution in [2.24, 2.45) is 0 Å². The number of hydrogen-bond acceptors (Lipinski definition) is 3. The average Bonchev–Trinajstić information content (AvgIpc) is 3.22. The van der Waals surface area contributed by atoms with Crippen LogP contribution >= 0.6 is 0 Å². The van der Waals surface area contributed by atoms with Crippen LogP contribution in [-0.2, 0) is 6.54 Å². The molecule has 0 bridgehead atoms. The van der Waals surface area contributed by atoms with Crippen molar-refractivity contribution in [1.29, 1.82) is 0 Å². The fourth-order valence-corrected chi connectivity index (χ4v) is 4.77. The number of imidazole rings is 1. The van der Waals surface area contributed by atoms with E-state index in [1.54, 1.807) is 0 Å². The van der Waals surface area contributed by atoms with Gasteiger partial charge in [0.1, 0.15) is 5.82 Å². The van der Waals surface area contributed by atoms with Gasteiger partial charge in [-0.2, -0.15) is 0 Å². The lowest BCUT2D eigenvalue weighted by atomic mass is 9.96. The minimum atomic E-state index is 0.301. The standard InChI is InChI=1S/C29H32N4/c1-22-13-15-26(16-14-22)29-30-23(2)27(31-29)21-32-17-19-33(20-18-32)28(24-9-5-3-6-10-24)25-11-7-4-8-12-25/h3-16,28H,17-21H2,1-2H3,(H,30,31). The Labute approximate surface area is 196 Å². The molecule has 1 aromatic heterocycles. The lowest BCUT2D eigenvalue weighted by Crippen LogP contribution is -2.47. The predicted octanol–water partition coefficient (Wildman–Crippen LogP) is 5.60. The highest BCUT2D eigenvalue weighted by Crippen LogP contribution is 2.30. The monoisotopic (exact) mass is 436 g/mol. The molecule has 5 rings (SSSR count). The maximum atomic E-state index is 4.94. The van der Waals surface area contributed by atoms with Gasteiger partial charge in [0, 0.05) is 44.0 Å². The van der Waals surface area contributed by atoms with Crippen LogP contribution in [0, 0.1) is 13.8 Å². The molecular weight excluding hydrogens is 404 g/mol. The van der Waals surface area contributed by atoms with Gasteiger partial charge in [-0.1, -0.05) is 90.5 Å². The van der Waals surface area contributed by atoms with Gasteiger partial charge in [-0.15, -0.1) is 0 Å². The first-order valence-corrected chi connectivity index (χ1v) is 11.9. The second-order valence-electron chi connectivity index (χ2n) is 9.06. The van der Waals surface area contributed by atoms with E-state index in [0.717, 1.165) is 49.8 Å². The molecule has 0 saturated carbocycles. The van der Waals surface area contributed by atoms with Crippen molar-refractivity contribution in [3.63, 3.8) is 0 Å². The Bertz CT molecular complexity index is 1120. The van der Waals surface area contributed by atoms with Crippen LogP contribution in [0.25, 0.3) is 11.4 Å². The molecule has 0 radical (unpaired) electrons. The van der Waals surface area contributed by atoms with Crippen molar-refractivity contribution < 1.29 is 0 Å². The molecular formula is C29H32N4. The van der Waals surface area contributed by atoms with Crippen molar-refractivity contribution in [3.8, 4) is 11.4 Å². The molecule has 0 atom stereocenters. The zero-order valence-corrected chi connectivity index (χ0v) is 19.5. The summed E-state index contributed by atoms with van der Waals surface area (Å²) in [6.45, 7) is 9.32. The van der Waals surface area contributed by atoms with Crippen molar-refractivity contribution in [3.05, 3.63) is 113 Å². The van der Waals surface area contributed by atoms with Gasteiger partial charge in [0.15, 0.2) is 0 Å². The smallest absolute Gasteiger partial charge is 0.137 e. The number of benzene rings is 3. The molecule has 0 amide bonds.